The summed E-state index contributed by atoms with van der Waals surface area (Å²) in [5.41, 5.74) is 0. The molecule has 0 aromatic rings. The summed E-state index contributed by atoms with van der Waals surface area (Å²) in [7, 11) is 0. The summed E-state index contributed by atoms with van der Waals surface area (Å²) in [5.74, 6) is -5.52. The van der Waals surface area contributed by atoms with Crippen LogP contribution in [0.5, 0.6) is 0 Å². The van der Waals surface area contributed by atoms with E-state index in [4.69, 9.17) is 10.2 Å². The van der Waals surface area contributed by atoms with Crippen LogP contribution in [-0.4, -0.2) is 105 Å². The van der Waals surface area contributed by atoms with Crippen molar-refractivity contribution in [1.82, 2.24) is 9.80 Å². The van der Waals surface area contributed by atoms with Gasteiger partial charge in [-0.3, -0.25) is 19.4 Å². The number of nitrogens with zero attached hydrogens (tertiary/aromatic N) is 2. The molecule has 0 amide bonds. The van der Waals surface area contributed by atoms with Crippen LogP contribution in [0.4, 0.5) is 0 Å². The summed E-state index contributed by atoms with van der Waals surface area (Å²) >= 11 is 0. The molecule has 0 atom stereocenters. The average molecular weight is 426 g/mol. The van der Waals surface area contributed by atoms with E-state index in [1.165, 1.54) is 0 Å². The van der Waals surface area contributed by atoms with Gasteiger partial charge in [0, 0.05) is 26.2 Å². The van der Waals surface area contributed by atoms with Crippen molar-refractivity contribution in [3.05, 3.63) is 0 Å². The van der Waals surface area contributed by atoms with Crippen molar-refractivity contribution in [3.8, 4) is 0 Å². The summed E-state index contributed by atoms with van der Waals surface area (Å²) in [5, 5.41) is 38.0. The summed E-state index contributed by atoms with van der Waals surface area (Å²) in [6, 6.07) is 0. The summed E-state index contributed by atoms with van der Waals surface area (Å²) in [4.78, 5) is 43.9. The van der Waals surface area contributed by atoms with E-state index >= 15 is 0 Å². The minimum atomic E-state index is -1.51. The van der Waals surface area contributed by atoms with Crippen LogP contribution < -0.4 is 10.2 Å². The third-order valence-corrected chi connectivity index (χ3v) is 2.16. The standard InChI is InChI=1S/C10H16N2O8.Cu.4H2O/c13-7(14)3-11(4-8(15)16)1-2-12(5-9(17)18)6-10(19)20;;;;;/h1-6H2,(H,13,14)(H,15,16)(H,17,18)(H,19,20);;4*1H2/q;+2;;;;/p-2. The molecule has 15 heteroatoms. The molecule has 0 rings (SSSR count). The fourth-order valence-corrected chi connectivity index (χ4v) is 1.46. The normalized spacial score (nSPS) is 8.56. The predicted molar refractivity (Wildman–Crippen MR) is 72.6 cm³/mol. The first-order valence-electron chi connectivity index (χ1n) is 5.48. The molecule has 1 radical (unpaired) electrons. The number of carbonyl (C=O) groups excluding carboxylic acids is 2. The van der Waals surface area contributed by atoms with Crippen molar-refractivity contribution in [1.29, 1.82) is 0 Å². The Hall–Kier alpha value is -1.84. The van der Waals surface area contributed by atoms with E-state index in [9.17, 15) is 29.4 Å². The van der Waals surface area contributed by atoms with Crippen molar-refractivity contribution in [2.24, 2.45) is 0 Å². The van der Waals surface area contributed by atoms with Gasteiger partial charge >= 0.3 is 29.0 Å². The number of hydrogen-bond acceptors (Lipinski definition) is 8. The van der Waals surface area contributed by atoms with Crippen LogP contribution in [0.3, 0.4) is 0 Å². The van der Waals surface area contributed by atoms with E-state index in [-0.39, 0.29) is 52.1 Å². The Morgan fingerprint density at radius 1 is 0.640 bits per heavy atom. The molecule has 155 valence electrons. The van der Waals surface area contributed by atoms with Gasteiger partial charge in [-0.05, 0) is 0 Å². The molecule has 0 unspecified atom stereocenters. The van der Waals surface area contributed by atoms with Crippen LogP contribution in [0, 0.1) is 0 Å². The van der Waals surface area contributed by atoms with E-state index in [1.54, 1.807) is 0 Å². The Morgan fingerprint density at radius 2 is 0.880 bits per heavy atom. The molecule has 0 heterocycles. The largest absolute Gasteiger partial charge is 2.00 e. The fourth-order valence-electron chi connectivity index (χ4n) is 1.46. The van der Waals surface area contributed by atoms with Crippen molar-refractivity contribution < 1.29 is 78.6 Å². The predicted octanol–water partition coefficient (Wildman–Crippen LogP) is -8.04. The first-order valence-corrected chi connectivity index (χ1v) is 5.48. The first-order chi connectivity index (χ1) is 9.20. The number of rotatable bonds is 11. The van der Waals surface area contributed by atoms with Gasteiger partial charge in [-0.15, -0.1) is 0 Å². The number of carboxylic acids is 4. The molecule has 0 spiro atoms. The van der Waals surface area contributed by atoms with Gasteiger partial charge in [-0.2, -0.15) is 0 Å². The molecule has 0 saturated heterocycles. The van der Waals surface area contributed by atoms with E-state index in [1.807, 2.05) is 0 Å². The molecule has 0 aromatic heterocycles. The smallest absolute Gasteiger partial charge is 0.549 e. The van der Waals surface area contributed by atoms with Gasteiger partial charge in [0.2, 0.25) is 0 Å². The number of hydrogen-bond donors (Lipinski definition) is 2. The molecule has 0 aliphatic carbocycles. The average Bonchev–Trinajstić information content (AvgIpc) is 2.22. The van der Waals surface area contributed by atoms with Crippen LogP contribution in [0.1, 0.15) is 0 Å². The molecular weight excluding hydrogens is 404 g/mol. The Labute approximate surface area is 152 Å². The second-order valence-corrected chi connectivity index (χ2v) is 3.95. The monoisotopic (exact) mass is 425 g/mol. The third-order valence-electron chi connectivity index (χ3n) is 2.16. The maximum atomic E-state index is 10.5. The van der Waals surface area contributed by atoms with Crippen molar-refractivity contribution in [2.45, 2.75) is 0 Å². The zero-order valence-corrected chi connectivity index (χ0v) is 13.7. The number of carboxylic acid groups (broad SMARTS) is 4. The van der Waals surface area contributed by atoms with Gasteiger partial charge in [0.05, 0.1) is 25.0 Å². The summed E-state index contributed by atoms with van der Waals surface area (Å²) in [6.07, 6.45) is 0. The van der Waals surface area contributed by atoms with Crippen LogP contribution in [0.25, 0.3) is 0 Å². The molecule has 25 heavy (non-hydrogen) atoms. The molecule has 0 aliphatic heterocycles. The Bertz CT molecular complexity index is 326. The Balaban J connectivity index is -0.000000180. The quantitative estimate of drug-likeness (QED) is 0.294. The summed E-state index contributed by atoms with van der Waals surface area (Å²) in [6.45, 7) is -2.75. The van der Waals surface area contributed by atoms with Crippen LogP contribution >= 0.6 is 0 Å². The summed E-state index contributed by atoms with van der Waals surface area (Å²) < 4.78 is 0. The van der Waals surface area contributed by atoms with Gasteiger partial charge < -0.3 is 51.9 Å². The van der Waals surface area contributed by atoms with Crippen LogP contribution in [0.2, 0.25) is 0 Å². The van der Waals surface area contributed by atoms with Gasteiger partial charge in [-0.25, -0.2) is 0 Å². The van der Waals surface area contributed by atoms with E-state index < -0.39 is 50.1 Å². The minimum absolute atomic E-state index is 0. The Morgan fingerprint density at radius 3 is 1.08 bits per heavy atom. The third kappa shape index (κ3) is 24.5. The van der Waals surface area contributed by atoms with Gasteiger partial charge in [0.1, 0.15) is 0 Å². The SMILES string of the molecule is O.O.O.O.O=C([O-])CN(CCN(CC(=O)O)CC(=O)O)CC(=O)[O-].[Cu+2]. The molecule has 14 nitrogen and oxygen atoms in total. The van der Waals surface area contributed by atoms with Crippen molar-refractivity contribution in [2.75, 3.05) is 39.3 Å². The second kappa shape index (κ2) is 20.2. The first kappa shape index (κ1) is 38.6. The molecule has 0 aromatic carbocycles. The Kier molecular flexibility index (Phi) is 31.2. The maximum absolute atomic E-state index is 10.5. The van der Waals surface area contributed by atoms with Gasteiger partial charge in [-0.1, -0.05) is 0 Å². The fraction of sp³-hybridized carbons (Fsp3) is 0.600. The van der Waals surface area contributed by atoms with Crippen LogP contribution in [0.15, 0.2) is 0 Å². The maximum Gasteiger partial charge on any atom is 2.00 e. The van der Waals surface area contributed by atoms with Crippen molar-refractivity contribution >= 4 is 23.9 Å². The van der Waals surface area contributed by atoms with E-state index in [2.05, 4.69) is 0 Å². The van der Waals surface area contributed by atoms with E-state index in [0.717, 1.165) is 9.80 Å². The van der Waals surface area contributed by atoms with Gasteiger partial charge in [0.25, 0.3) is 0 Å². The molecular formula is C10H22CuN2O12. The van der Waals surface area contributed by atoms with Crippen LogP contribution in [-0.2, 0) is 36.2 Å². The second-order valence-electron chi connectivity index (χ2n) is 3.95. The molecule has 0 fully saturated rings. The number of carbonyl (C=O) groups is 4. The molecule has 0 bridgehead atoms. The minimum Gasteiger partial charge on any atom is -0.549 e. The zero-order valence-electron chi connectivity index (χ0n) is 12.8. The molecule has 10 N–H and O–H groups in total. The zero-order chi connectivity index (χ0) is 15.7. The topological polar surface area (TPSA) is 287 Å². The van der Waals surface area contributed by atoms with Gasteiger partial charge in [0.15, 0.2) is 0 Å². The number of aliphatic carboxylic acids is 4. The van der Waals surface area contributed by atoms with E-state index in [0.29, 0.717) is 0 Å². The molecule has 0 saturated carbocycles. The van der Waals surface area contributed by atoms with Crippen molar-refractivity contribution in [3.63, 3.8) is 0 Å². The molecule has 0 aliphatic rings.